The molecule has 7 heteroatoms. The van der Waals surface area contributed by atoms with Crippen molar-refractivity contribution in [2.24, 2.45) is 0 Å². The molecule has 184 valence electrons. The average Bonchev–Trinajstić information content (AvgIpc) is 3.38. The molecule has 0 aliphatic heterocycles. The van der Waals surface area contributed by atoms with Gasteiger partial charge in [-0.15, -0.1) is 23.1 Å². The van der Waals surface area contributed by atoms with Gasteiger partial charge in [-0.05, 0) is 66.6 Å². The van der Waals surface area contributed by atoms with Crippen LogP contribution in [0.5, 0.6) is 0 Å². The molecule has 1 unspecified atom stereocenters. The summed E-state index contributed by atoms with van der Waals surface area (Å²) in [5.41, 5.74) is 4.15. The standard InChI is InChI=1S/C30H25N3O2S2/c1-19-7-3-6-10-26(19)29(35)31-24-13-15-25(16-14-24)37-20(2)28(34)33-30-32-27(18-36-30)23-12-11-21-8-4-5-9-22(21)17-23/h3-18,20H,1-2H3,(H,31,35)(H,32,33,34). The number of aryl methyl sites for hydroxylation is 1. The average molecular weight is 524 g/mol. The number of benzene rings is 4. The van der Waals surface area contributed by atoms with E-state index in [0.29, 0.717) is 16.4 Å². The third kappa shape index (κ3) is 5.90. The maximum atomic E-state index is 12.8. The summed E-state index contributed by atoms with van der Waals surface area (Å²) in [5.74, 6) is -0.251. The number of rotatable bonds is 7. The number of hydrogen-bond donors (Lipinski definition) is 2. The molecule has 0 saturated heterocycles. The molecule has 0 spiro atoms. The van der Waals surface area contributed by atoms with Crippen molar-refractivity contribution in [2.45, 2.75) is 24.0 Å². The van der Waals surface area contributed by atoms with E-state index in [1.807, 2.05) is 79.9 Å². The highest BCUT2D eigenvalue weighted by atomic mass is 32.2. The number of carbonyl (C=O) groups is 2. The van der Waals surface area contributed by atoms with Crippen LogP contribution in [0, 0.1) is 6.92 Å². The molecule has 0 bridgehead atoms. The zero-order chi connectivity index (χ0) is 25.8. The molecule has 0 saturated carbocycles. The number of hydrogen-bond acceptors (Lipinski definition) is 5. The predicted molar refractivity (Wildman–Crippen MR) is 155 cm³/mol. The van der Waals surface area contributed by atoms with Crippen molar-refractivity contribution in [2.75, 3.05) is 10.6 Å². The van der Waals surface area contributed by atoms with Crippen LogP contribution in [0.15, 0.2) is 101 Å². The Morgan fingerprint density at radius 1 is 0.865 bits per heavy atom. The first kappa shape index (κ1) is 24.7. The molecule has 2 N–H and O–H groups in total. The lowest BCUT2D eigenvalue weighted by molar-refractivity contribution is -0.115. The quantitative estimate of drug-likeness (QED) is 0.215. The minimum Gasteiger partial charge on any atom is -0.322 e. The summed E-state index contributed by atoms with van der Waals surface area (Å²) in [7, 11) is 0. The monoisotopic (exact) mass is 523 g/mol. The van der Waals surface area contributed by atoms with Crippen molar-refractivity contribution in [1.29, 1.82) is 0 Å². The Labute approximate surface area is 224 Å². The third-order valence-corrected chi connectivity index (χ3v) is 7.83. The zero-order valence-electron chi connectivity index (χ0n) is 20.4. The number of carbonyl (C=O) groups excluding carboxylic acids is 2. The molecular formula is C30H25N3O2S2. The largest absolute Gasteiger partial charge is 0.322 e. The topological polar surface area (TPSA) is 71.1 Å². The molecule has 37 heavy (non-hydrogen) atoms. The predicted octanol–water partition coefficient (Wildman–Crippen LogP) is 7.64. The minimum absolute atomic E-state index is 0.110. The Hall–Kier alpha value is -3.94. The number of nitrogens with zero attached hydrogens (tertiary/aromatic N) is 1. The Kier molecular flexibility index (Phi) is 7.35. The normalized spacial score (nSPS) is 11.7. The number of aromatic nitrogens is 1. The first-order valence-corrected chi connectivity index (χ1v) is 13.6. The highest BCUT2D eigenvalue weighted by Gasteiger charge is 2.17. The zero-order valence-corrected chi connectivity index (χ0v) is 22.0. The fraction of sp³-hybridized carbons (Fsp3) is 0.100. The molecule has 5 nitrogen and oxygen atoms in total. The maximum Gasteiger partial charge on any atom is 0.255 e. The van der Waals surface area contributed by atoms with Gasteiger partial charge in [0.25, 0.3) is 5.91 Å². The van der Waals surface area contributed by atoms with E-state index in [4.69, 9.17) is 0 Å². The lowest BCUT2D eigenvalue weighted by Gasteiger charge is -2.12. The van der Waals surface area contributed by atoms with E-state index in [1.54, 1.807) is 0 Å². The second-order valence-corrected chi connectivity index (χ2v) is 10.9. The summed E-state index contributed by atoms with van der Waals surface area (Å²) in [5, 5.41) is 10.4. The van der Waals surface area contributed by atoms with Gasteiger partial charge < -0.3 is 10.6 Å². The van der Waals surface area contributed by atoms with Crippen LogP contribution < -0.4 is 10.6 Å². The van der Waals surface area contributed by atoms with Crippen molar-refractivity contribution >= 4 is 56.5 Å². The van der Waals surface area contributed by atoms with Gasteiger partial charge in [0.2, 0.25) is 5.91 Å². The van der Waals surface area contributed by atoms with E-state index in [0.717, 1.165) is 27.1 Å². The maximum absolute atomic E-state index is 12.8. The second-order valence-electron chi connectivity index (χ2n) is 8.64. The fourth-order valence-electron chi connectivity index (χ4n) is 3.92. The van der Waals surface area contributed by atoms with E-state index in [9.17, 15) is 9.59 Å². The number of fused-ring (bicyclic) bond motifs is 1. The van der Waals surface area contributed by atoms with Gasteiger partial charge in [0.15, 0.2) is 5.13 Å². The molecule has 5 rings (SSSR count). The Morgan fingerprint density at radius 2 is 1.59 bits per heavy atom. The van der Waals surface area contributed by atoms with Crippen LogP contribution in [-0.4, -0.2) is 22.0 Å². The van der Waals surface area contributed by atoms with Crippen LogP contribution in [-0.2, 0) is 4.79 Å². The highest BCUT2D eigenvalue weighted by molar-refractivity contribution is 8.00. The van der Waals surface area contributed by atoms with E-state index in [-0.39, 0.29) is 17.1 Å². The Bertz CT molecular complexity index is 1580. The van der Waals surface area contributed by atoms with E-state index in [1.165, 1.54) is 28.5 Å². The van der Waals surface area contributed by atoms with E-state index in [2.05, 4.69) is 45.9 Å². The number of thiazole rings is 1. The van der Waals surface area contributed by atoms with Crippen LogP contribution in [0.3, 0.4) is 0 Å². The SMILES string of the molecule is Cc1ccccc1C(=O)Nc1ccc(SC(C)C(=O)Nc2nc(-c3ccc4ccccc4c3)cs2)cc1. The van der Waals surface area contributed by atoms with Crippen molar-refractivity contribution in [3.05, 3.63) is 108 Å². The van der Waals surface area contributed by atoms with Gasteiger partial charge in [-0.3, -0.25) is 9.59 Å². The summed E-state index contributed by atoms with van der Waals surface area (Å²) in [4.78, 5) is 30.9. The molecule has 2 amide bonds. The molecule has 4 aromatic carbocycles. The Morgan fingerprint density at radius 3 is 2.38 bits per heavy atom. The van der Waals surface area contributed by atoms with Crippen LogP contribution in [0.25, 0.3) is 22.0 Å². The fourth-order valence-corrected chi connectivity index (χ4v) is 5.51. The van der Waals surface area contributed by atoms with Crippen molar-refractivity contribution in [3.63, 3.8) is 0 Å². The lowest BCUT2D eigenvalue weighted by atomic mass is 10.1. The van der Waals surface area contributed by atoms with Crippen molar-refractivity contribution in [1.82, 2.24) is 4.98 Å². The molecule has 0 aliphatic rings. The summed E-state index contributed by atoms with van der Waals surface area (Å²) in [6.07, 6.45) is 0. The minimum atomic E-state index is -0.319. The molecule has 1 atom stereocenters. The van der Waals surface area contributed by atoms with Crippen LogP contribution in [0.2, 0.25) is 0 Å². The molecule has 0 radical (unpaired) electrons. The third-order valence-electron chi connectivity index (χ3n) is 5.96. The Balaban J connectivity index is 1.18. The first-order valence-electron chi connectivity index (χ1n) is 11.9. The van der Waals surface area contributed by atoms with Gasteiger partial charge in [-0.2, -0.15) is 0 Å². The van der Waals surface area contributed by atoms with Crippen molar-refractivity contribution in [3.8, 4) is 11.3 Å². The van der Waals surface area contributed by atoms with Crippen LogP contribution in [0.1, 0.15) is 22.8 Å². The first-order chi connectivity index (χ1) is 18.0. The molecule has 1 aromatic heterocycles. The smallest absolute Gasteiger partial charge is 0.255 e. The van der Waals surface area contributed by atoms with Gasteiger partial charge in [0.05, 0.1) is 10.9 Å². The van der Waals surface area contributed by atoms with Gasteiger partial charge in [0, 0.05) is 27.1 Å². The number of thioether (sulfide) groups is 1. The van der Waals surface area contributed by atoms with Gasteiger partial charge in [-0.25, -0.2) is 4.98 Å². The summed E-state index contributed by atoms with van der Waals surface area (Å²) in [6, 6.07) is 29.4. The van der Waals surface area contributed by atoms with E-state index >= 15 is 0 Å². The van der Waals surface area contributed by atoms with Gasteiger partial charge in [0.1, 0.15) is 0 Å². The molecule has 0 aliphatic carbocycles. The van der Waals surface area contributed by atoms with Crippen LogP contribution in [0.4, 0.5) is 10.8 Å². The van der Waals surface area contributed by atoms with Gasteiger partial charge in [-0.1, -0.05) is 54.6 Å². The summed E-state index contributed by atoms with van der Waals surface area (Å²) in [6.45, 7) is 3.78. The van der Waals surface area contributed by atoms with E-state index < -0.39 is 0 Å². The highest BCUT2D eigenvalue weighted by Crippen LogP contribution is 2.29. The van der Waals surface area contributed by atoms with Gasteiger partial charge >= 0.3 is 0 Å². The number of anilines is 2. The molecule has 0 fully saturated rings. The summed E-state index contributed by atoms with van der Waals surface area (Å²) >= 11 is 2.87. The summed E-state index contributed by atoms with van der Waals surface area (Å²) < 4.78 is 0. The molecule has 1 heterocycles. The van der Waals surface area contributed by atoms with Crippen LogP contribution >= 0.6 is 23.1 Å². The molecular weight excluding hydrogens is 498 g/mol. The second kappa shape index (κ2) is 11.0. The number of nitrogens with one attached hydrogen (secondary N) is 2. The van der Waals surface area contributed by atoms with Crippen molar-refractivity contribution < 1.29 is 9.59 Å². The lowest BCUT2D eigenvalue weighted by Crippen LogP contribution is -2.22. The molecule has 5 aromatic rings. The number of amides is 2.